The molecule has 2 N–H and O–H groups in total. The van der Waals surface area contributed by atoms with E-state index in [1.165, 1.54) is 0 Å². The van der Waals surface area contributed by atoms with Gasteiger partial charge in [0.25, 0.3) is 0 Å². The van der Waals surface area contributed by atoms with Crippen LogP contribution in [0.15, 0.2) is 0 Å². The molecule has 0 saturated heterocycles. The third-order valence-electron chi connectivity index (χ3n) is 1.39. The van der Waals surface area contributed by atoms with Crippen molar-refractivity contribution in [2.24, 2.45) is 0 Å². The maximum absolute atomic E-state index is 11.5. The average Bonchev–Trinajstić information content (AvgIpc) is 2.10. The summed E-state index contributed by atoms with van der Waals surface area (Å²) in [5.74, 6) is 0. The predicted molar refractivity (Wildman–Crippen MR) is 41.7 cm³/mol. The summed E-state index contributed by atoms with van der Waals surface area (Å²) in [6, 6.07) is 0. The second kappa shape index (κ2) is 7.55. The molecule has 0 saturated carbocycles. The molecule has 0 bridgehead atoms. The molecule has 2 unspecified atom stereocenters. The largest absolute Gasteiger partial charge is 2.00 e. The van der Waals surface area contributed by atoms with Crippen LogP contribution in [-0.2, 0) is 25.6 Å². The molecule has 0 aliphatic heterocycles. The van der Waals surface area contributed by atoms with Gasteiger partial charge in [0.05, 0.1) is 0 Å². The maximum Gasteiger partial charge on any atom is 2.00 e. The Morgan fingerprint density at radius 2 is 0.739 bits per heavy atom. The minimum Gasteiger partial charge on any atom is -0.774 e. The summed E-state index contributed by atoms with van der Waals surface area (Å²) >= 11 is 0. The van der Waals surface area contributed by atoms with Crippen molar-refractivity contribution in [3.8, 4) is 0 Å². The monoisotopic (exact) mass is 456 g/mol. The molecule has 0 heterocycles. The summed E-state index contributed by atoms with van der Waals surface area (Å²) in [4.78, 5) is 33.6. The maximum atomic E-state index is 11.5. The summed E-state index contributed by atoms with van der Waals surface area (Å²) in [6.07, 6.45) is -12.6. The fourth-order valence-electron chi connectivity index (χ4n) is 0.320. The zero-order chi connectivity index (χ0) is 19.0. The van der Waals surface area contributed by atoms with Crippen LogP contribution in [0.2, 0.25) is 0 Å². The van der Waals surface area contributed by atoms with Crippen molar-refractivity contribution in [3.05, 3.63) is 0 Å². The van der Waals surface area contributed by atoms with Gasteiger partial charge in [-0.1, -0.05) is 0 Å². The van der Waals surface area contributed by atoms with E-state index in [2.05, 4.69) is 0 Å². The van der Waals surface area contributed by atoms with Crippen molar-refractivity contribution < 1.29 is 89.1 Å². The van der Waals surface area contributed by atoms with Gasteiger partial charge in [-0.15, -0.1) is 0 Å². The molecule has 0 rings (SSSR count). The van der Waals surface area contributed by atoms with Gasteiger partial charge in [-0.2, -0.15) is 43.9 Å². The van der Waals surface area contributed by atoms with E-state index in [0.717, 1.165) is 0 Å². The SMILES string of the molecule is O=P([O-])(O)C(F)(F)C(F)(F)F.O=P([O-])(O)C(F)(F)C(F)(F)F.[Ni+2]. The van der Waals surface area contributed by atoms with Gasteiger partial charge in [0.2, 0.25) is 15.2 Å². The second-order valence-corrected chi connectivity index (χ2v) is 6.32. The summed E-state index contributed by atoms with van der Waals surface area (Å²) < 4.78 is 131. The van der Waals surface area contributed by atoms with E-state index in [4.69, 9.17) is 9.79 Å². The van der Waals surface area contributed by atoms with Crippen molar-refractivity contribution in [1.29, 1.82) is 0 Å². The van der Waals surface area contributed by atoms with E-state index < -0.39 is 38.9 Å². The van der Waals surface area contributed by atoms with Gasteiger partial charge in [-0.25, -0.2) is 0 Å². The quantitative estimate of drug-likeness (QED) is 0.368. The number of hydrogen-bond donors (Lipinski definition) is 2. The summed E-state index contributed by atoms with van der Waals surface area (Å²) in [6.45, 7) is 0. The Kier molecular flexibility index (Phi) is 9.16. The molecule has 0 aromatic rings. The van der Waals surface area contributed by atoms with Gasteiger partial charge < -0.3 is 28.7 Å². The van der Waals surface area contributed by atoms with Gasteiger partial charge in [0.15, 0.2) is 0 Å². The summed E-state index contributed by atoms with van der Waals surface area (Å²) in [7, 11) is -13.4. The van der Waals surface area contributed by atoms with Crippen molar-refractivity contribution in [2.75, 3.05) is 0 Å². The smallest absolute Gasteiger partial charge is 0.774 e. The molecule has 6 nitrogen and oxygen atoms in total. The Labute approximate surface area is 129 Å². The minimum absolute atomic E-state index is 0. The fraction of sp³-hybridized carbons (Fsp3) is 1.00. The van der Waals surface area contributed by atoms with Gasteiger partial charge >= 0.3 is 40.2 Å². The molecule has 0 aromatic heterocycles. The standard InChI is InChI=1S/2C2H2F5O3P.Ni/c2*3-1(4,5)2(6,7)11(8,9)10;/h2*(H2,8,9,10);/q;;+2/p-2. The van der Waals surface area contributed by atoms with Gasteiger partial charge in [-0.3, -0.25) is 0 Å². The molecule has 0 radical (unpaired) electrons. The molecule has 2 atom stereocenters. The van der Waals surface area contributed by atoms with E-state index in [9.17, 15) is 62.8 Å². The predicted octanol–water partition coefficient (Wildman–Crippen LogP) is 1.37. The Morgan fingerprint density at radius 1 is 0.609 bits per heavy atom. The number of halogens is 10. The van der Waals surface area contributed by atoms with Crippen LogP contribution < -0.4 is 9.79 Å². The van der Waals surface area contributed by atoms with Gasteiger partial charge in [0.1, 0.15) is 0 Å². The first-order valence-electron chi connectivity index (χ1n) is 3.97. The third kappa shape index (κ3) is 6.85. The zero-order valence-electron chi connectivity index (χ0n) is 9.52. The van der Waals surface area contributed by atoms with Crippen LogP contribution in [0.4, 0.5) is 43.9 Å². The Balaban J connectivity index is -0.000000333. The molecule has 0 fully saturated rings. The first kappa shape index (κ1) is 27.9. The third-order valence-corrected chi connectivity index (χ3v) is 3.32. The minimum atomic E-state index is -6.70. The molecule has 0 amide bonds. The van der Waals surface area contributed by atoms with E-state index in [-0.39, 0.29) is 16.5 Å². The van der Waals surface area contributed by atoms with Crippen molar-refractivity contribution in [1.82, 2.24) is 0 Å². The van der Waals surface area contributed by atoms with E-state index in [1.807, 2.05) is 0 Å². The molecular weight excluding hydrogens is 455 g/mol. The van der Waals surface area contributed by atoms with Crippen LogP contribution in [0.3, 0.4) is 0 Å². The molecule has 19 heteroatoms. The zero-order valence-corrected chi connectivity index (χ0v) is 12.3. The van der Waals surface area contributed by atoms with Crippen molar-refractivity contribution in [3.63, 3.8) is 0 Å². The topological polar surface area (TPSA) is 121 Å². The van der Waals surface area contributed by atoms with Crippen LogP contribution in [0.25, 0.3) is 0 Å². The first-order valence-corrected chi connectivity index (χ1v) is 7.12. The Hall–Kier alpha value is 0.0935. The number of alkyl halides is 10. The van der Waals surface area contributed by atoms with E-state index in [1.54, 1.807) is 0 Å². The van der Waals surface area contributed by atoms with Crippen LogP contribution in [0.1, 0.15) is 0 Å². The van der Waals surface area contributed by atoms with Crippen LogP contribution in [-0.4, -0.2) is 33.5 Å². The Bertz CT molecular complexity index is 431. The fourth-order valence-corrected chi connectivity index (χ4v) is 0.961. The number of rotatable bonds is 2. The molecule has 23 heavy (non-hydrogen) atoms. The van der Waals surface area contributed by atoms with Crippen molar-refractivity contribution in [2.45, 2.75) is 23.7 Å². The number of hydrogen-bond acceptors (Lipinski definition) is 4. The van der Waals surface area contributed by atoms with E-state index >= 15 is 0 Å². The average molecular weight is 457 g/mol. The van der Waals surface area contributed by atoms with Gasteiger partial charge in [-0.05, 0) is 0 Å². The van der Waals surface area contributed by atoms with Gasteiger partial charge in [0, 0.05) is 0 Å². The normalized spacial score (nSPS) is 18.7. The molecule has 0 aliphatic rings. The molecule has 0 aromatic carbocycles. The summed E-state index contributed by atoms with van der Waals surface area (Å²) in [5, 5.41) is 0. The van der Waals surface area contributed by atoms with E-state index in [0.29, 0.717) is 0 Å². The first-order chi connectivity index (χ1) is 9.00. The second-order valence-electron chi connectivity index (χ2n) is 3.12. The van der Waals surface area contributed by atoms with Crippen LogP contribution in [0.5, 0.6) is 0 Å². The van der Waals surface area contributed by atoms with Crippen molar-refractivity contribution >= 4 is 15.2 Å². The van der Waals surface area contributed by atoms with Crippen LogP contribution in [0, 0.1) is 0 Å². The Morgan fingerprint density at radius 3 is 0.739 bits per heavy atom. The summed E-state index contributed by atoms with van der Waals surface area (Å²) in [5.41, 5.74) is -12.1. The van der Waals surface area contributed by atoms with Crippen LogP contribution >= 0.6 is 15.2 Å². The molecular formula is C4H2F10NiO6P2. The molecule has 0 spiro atoms. The molecule has 144 valence electrons. The molecule has 0 aliphatic carbocycles.